The molecule has 0 bridgehead atoms. The molecule has 0 saturated carbocycles. The highest BCUT2D eigenvalue weighted by molar-refractivity contribution is 5.90. The highest BCUT2D eigenvalue weighted by Crippen LogP contribution is 2.33. The maximum atomic E-state index is 12.8. The highest BCUT2D eigenvalue weighted by atomic mass is 19.4. The Balaban J connectivity index is 1.66. The van der Waals surface area contributed by atoms with Crippen molar-refractivity contribution in [1.82, 2.24) is 9.80 Å². The standard InChI is InChI=1S/C18H21F3N2O4/c1-11(8-12-5-6-14-15(9-12)27-10-26-14)22(2)16(24)13-4-3-7-23(13)17(25)18(19,20)21/h5-6,9,11,13H,3-4,7-8,10H2,1-2H3/t11-,13+/m1/s1. The van der Waals surface area contributed by atoms with Gasteiger partial charge in [0.05, 0.1) is 0 Å². The van der Waals surface area contributed by atoms with Crippen molar-refractivity contribution in [2.24, 2.45) is 0 Å². The van der Waals surface area contributed by atoms with Crippen LogP contribution >= 0.6 is 0 Å². The lowest BCUT2D eigenvalue weighted by atomic mass is 10.0. The highest BCUT2D eigenvalue weighted by Gasteiger charge is 2.48. The zero-order valence-corrected chi connectivity index (χ0v) is 15.1. The minimum atomic E-state index is -4.97. The summed E-state index contributed by atoms with van der Waals surface area (Å²) in [4.78, 5) is 26.4. The van der Waals surface area contributed by atoms with E-state index in [1.165, 1.54) is 4.90 Å². The number of rotatable bonds is 4. The average molecular weight is 386 g/mol. The summed E-state index contributed by atoms with van der Waals surface area (Å²) in [7, 11) is 1.55. The summed E-state index contributed by atoms with van der Waals surface area (Å²) >= 11 is 0. The second-order valence-corrected chi connectivity index (χ2v) is 6.84. The Morgan fingerprint density at radius 1 is 1.30 bits per heavy atom. The minimum absolute atomic E-state index is 0.0564. The van der Waals surface area contributed by atoms with Crippen molar-refractivity contribution in [2.75, 3.05) is 20.4 Å². The van der Waals surface area contributed by atoms with Gasteiger partial charge in [-0.2, -0.15) is 13.2 Å². The Kier molecular flexibility index (Phi) is 5.21. The normalized spacial score (nSPS) is 19.9. The summed E-state index contributed by atoms with van der Waals surface area (Å²) in [5, 5.41) is 0. The molecule has 0 aromatic heterocycles. The van der Waals surface area contributed by atoms with Crippen LogP contribution in [0, 0.1) is 0 Å². The van der Waals surface area contributed by atoms with Gasteiger partial charge in [-0.1, -0.05) is 6.07 Å². The smallest absolute Gasteiger partial charge is 0.454 e. The van der Waals surface area contributed by atoms with E-state index in [9.17, 15) is 22.8 Å². The zero-order valence-electron chi connectivity index (χ0n) is 15.1. The van der Waals surface area contributed by atoms with Gasteiger partial charge in [-0.25, -0.2) is 0 Å². The molecule has 1 aromatic carbocycles. The molecule has 6 nitrogen and oxygen atoms in total. The third kappa shape index (κ3) is 3.96. The van der Waals surface area contributed by atoms with Gasteiger partial charge in [-0.3, -0.25) is 9.59 Å². The number of amides is 2. The molecule has 1 fully saturated rings. The Hall–Kier alpha value is -2.45. The van der Waals surface area contributed by atoms with Crippen LogP contribution in [0.2, 0.25) is 0 Å². The third-order valence-electron chi connectivity index (χ3n) is 5.02. The van der Waals surface area contributed by atoms with Crippen LogP contribution in [0.25, 0.3) is 0 Å². The molecular formula is C18H21F3N2O4. The van der Waals surface area contributed by atoms with Crippen molar-refractivity contribution in [3.05, 3.63) is 23.8 Å². The quantitative estimate of drug-likeness (QED) is 0.797. The SMILES string of the molecule is C[C@H](Cc1ccc2c(c1)OCO2)N(C)C(=O)[C@@H]1CCCN1C(=O)C(F)(F)F. The number of carbonyl (C=O) groups is 2. The number of carbonyl (C=O) groups excluding carboxylic acids is 2. The first-order valence-electron chi connectivity index (χ1n) is 8.71. The summed E-state index contributed by atoms with van der Waals surface area (Å²) in [6.07, 6.45) is -3.86. The van der Waals surface area contributed by atoms with Crippen LogP contribution in [-0.2, 0) is 16.0 Å². The summed E-state index contributed by atoms with van der Waals surface area (Å²) in [6.45, 7) is 1.92. The predicted molar refractivity (Wildman–Crippen MR) is 89.3 cm³/mol. The molecule has 2 heterocycles. The first-order valence-corrected chi connectivity index (χ1v) is 8.71. The van der Waals surface area contributed by atoms with Crippen molar-refractivity contribution in [3.8, 4) is 11.5 Å². The number of halogens is 3. The Morgan fingerprint density at radius 3 is 2.70 bits per heavy atom. The summed E-state index contributed by atoms with van der Waals surface area (Å²) in [5.41, 5.74) is 0.918. The van der Waals surface area contributed by atoms with Crippen LogP contribution in [0.15, 0.2) is 18.2 Å². The van der Waals surface area contributed by atoms with Crippen molar-refractivity contribution in [1.29, 1.82) is 0 Å². The van der Waals surface area contributed by atoms with Gasteiger partial charge in [0.2, 0.25) is 12.7 Å². The van der Waals surface area contributed by atoms with Gasteiger partial charge in [0.15, 0.2) is 11.5 Å². The van der Waals surface area contributed by atoms with Gasteiger partial charge in [-0.05, 0) is 43.9 Å². The van der Waals surface area contributed by atoms with Crippen molar-refractivity contribution >= 4 is 11.8 Å². The Bertz CT molecular complexity index is 738. The van der Waals surface area contributed by atoms with Crippen LogP contribution < -0.4 is 9.47 Å². The minimum Gasteiger partial charge on any atom is -0.454 e. The van der Waals surface area contributed by atoms with E-state index in [-0.39, 0.29) is 25.8 Å². The second-order valence-electron chi connectivity index (χ2n) is 6.84. The topological polar surface area (TPSA) is 59.1 Å². The van der Waals surface area contributed by atoms with E-state index in [1.807, 2.05) is 19.1 Å². The fraction of sp³-hybridized carbons (Fsp3) is 0.556. The number of hydrogen-bond donors (Lipinski definition) is 0. The van der Waals surface area contributed by atoms with E-state index in [0.29, 0.717) is 29.2 Å². The summed E-state index contributed by atoms with van der Waals surface area (Å²) < 4.78 is 48.9. The Morgan fingerprint density at radius 2 is 2.00 bits per heavy atom. The second kappa shape index (κ2) is 7.28. The zero-order chi connectivity index (χ0) is 19.8. The number of fused-ring (bicyclic) bond motifs is 1. The molecule has 2 aliphatic rings. The van der Waals surface area contributed by atoms with E-state index in [2.05, 4.69) is 0 Å². The largest absolute Gasteiger partial charge is 0.471 e. The molecule has 148 valence electrons. The van der Waals surface area contributed by atoms with Gasteiger partial charge in [0, 0.05) is 19.6 Å². The molecule has 2 aliphatic heterocycles. The van der Waals surface area contributed by atoms with E-state index >= 15 is 0 Å². The van der Waals surface area contributed by atoms with Crippen LogP contribution in [-0.4, -0.2) is 60.3 Å². The molecule has 0 spiro atoms. The van der Waals surface area contributed by atoms with Gasteiger partial charge < -0.3 is 19.3 Å². The number of likely N-dealkylation sites (N-methyl/N-ethyl adjacent to an activating group) is 1. The van der Waals surface area contributed by atoms with E-state index in [1.54, 1.807) is 13.1 Å². The van der Waals surface area contributed by atoms with Gasteiger partial charge in [-0.15, -0.1) is 0 Å². The monoisotopic (exact) mass is 386 g/mol. The predicted octanol–water partition coefficient (Wildman–Crippen LogP) is 2.36. The maximum Gasteiger partial charge on any atom is 0.471 e. The molecule has 9 heteroatoms. The third-order valence-corrected chi connectivity index (χ3v) is 5.02. The maximum absolute atomic E-state index is 12.8. The van der Waals surface area contributed by atoms with Crippen molar-refractivity contribution in [2.45, 2.75) is 44.4 Å². The fourth-order valence-electron chi connectivity index (χ4n) is 3.43. The summed E-state index contributed by atoms with van der Waals surface area (Å²) in [5.74, 6) is -1.14. The number of ether oxygens (including phenoxy) is 2. The average Bonchev–Trinajstić information content (AvgIpc) is 3.27. The molecule has 2 amide bonds. The van der Waals surface area contributed by atoms with Crippen LogP contribution in [0.5, 0.6) is 11.5 Å². The lowest BCUT2D eigenvalue weighted by molar-refractivity contribution is -0.187. The number of hydrogen-bond acceptors (Lipinski definition) is 4. The van der Waals surface area contributed by atoms with Gasteiger partial charge >= 0.3 is 12.1 Å². The van der Waals surface area contributed by atoms with Crippen LogP contribution in [0.4, 0.5) is 13.2 Å². The lowest BCUT2D eigenvalue weighted by Crippen LogP contribution is -2.52. The van der Waals surface area contributed by atoms with Crippen LogP contribution in [0.1, 0.15) is 25.3 Å². The molecule has 0 N–H and O–H groups in total. The molecule has 1 saturated heterocycles. The molecule has 0 aliphatic carbocycles. The first kappa shape index (κ1) is 19.3. The molecule has 0 unspecified atom stereocenters. The van der Waals surface area contributed by atoms with Crippen molar-refractivity contribution < 1.29 is 32.2 Å². The van der Waals surface area contributed by atoms with Gasteiger partial charge in [0.1, 0.15) is 6.04 Å². The molecule has 27 heavy (non-hydrogen) atoms. The van der Waals surface area contributed by atoms with Crippen molar-refractivity contribution in [3.63, 3.8) is 0 Å². The number of alkyl halides is 3. The first-order chi connectivity index (χ1) is 12.7. The van der Waals surface area contributed by atoms with Crippen LogP contribution in [0.3, 0.4) is 0 Å². The molecular weight excluding hydrogens is 365 g/mol. The Labute approximate surface area is 154 Å². The van der Waals surface area contributed by atoms with E-state index in [0.717, 1.165) is 5.56 Å². The van der Waals surface area contributed by atoms with E-state index in [4.69, 9.17) is 9.47 Å². The molecule has 1 aromatic rings. The fourth-order valence-corrected chi connectivity index (χ4v) is 3.43. The number of likely N-dealkylation sites (tertiary alicyclic amines) is 1. The van der Waals surface area contributed by atoms with Gasteiger partial charge in [0.25, 0.3) is 0 Å². The number of benzene rings is 1. The molecule has 2 atom stereocenters. The summed E-state index contributed by atoms with van der Waals surface area (Å²) in [6, 6.07) is 4.14. The number of nitrogens with zero attached hydrogens (tertiary/aromatic N) is 2. The van der Waals surface area contributed by atoms with E-state index < -0.39 is 24.0 Å². The molecule has 3 rings (SSSR count). The molecule has 0 radical (unpaired) electrons. The lowest BCUT2D eigenvalue weighted by Gasteiger charge is -2.32.